The van der Waals surface area contributed by atoms with E-state index in [1.165, 1.54) is 6.08 Å². The van der Waals surface area contributed by atoms with Gasteiger partial charge in [0.15, 0.2) is 17.1 Å². The molecule has 0 aliphatic rings. The number of ether oxygens (including phenoxy) is 3. The number of fused-ring (bicyclic) bond motifs is 1. The minimum atomic E-state index is -0.520. The SMILES string of the molecule is COc1ccc(/C=C/C(=O)Oc2ccc3nc(-c4ccccn4)oc3c2)cc1OC. The summed E-state index contributed by atoms with van der Waals surface area (Å²) in [6.45, 7) is 0. The normalized spacial score (nSPS) is 11.0. The van der Waals surface area contributed by atoms with E-state index in [4.69, 9.17) is 18.6 Å². The Labute approximate surface area is 172 Å². The quantitative estimate of drug-likeness (QED) is 0.266. The molecule has 2 aromatic carbocycles. The highest BCUT2D eigenvalue weighted by Crippen LogP contribution is 2.28. The lowest BCUT2D eigenvalue weighted by Gasteiger charge is -2.07. The first-order valence-corrected chi connectivity index (χ1v) is 9.10. The second-order valence-corrected chi connectivity index (χ2v) is 6.23. The van der Waals surface area contributed by atoms with Crippen molar-refractivity contribution in [3.05, 3.63) is 72.4 Å². The Morgan fingerprint density at radius 2 is 1.87 bits per heavy atom. The van der Waals surface area contributed by atoms with E-state index in [0.29, 0.717) is 39.9 Å². The number of methoxy groups -OCH3 is 2. The van der Waals surface area contributed by atoms with Crippen molar-refractivity contribution in [3.63, 3.8) is 0 Å². The van der Waals surface area contributed by atoms with Gasteiger partial charge in [0.25, 0.3) is 0 Å². The number of oxazole rings is 1. The fourth-order valence-electron chi connectivity index (χ4n) is 2.84. The molecule has 0 amide bonds. The average Bonchev–Trinajstić information content (AvgIpc) is 3.21. The fraction of sp³-hybridized carbons (Fsp3) is 0.0870. The lowest BCUT2D eigenvalue weighted by atomic mass is 10.2. The maximum absolute atomic E-state index is 12.2. The predicted molar refractivity (Wildman–Crippen MR) is 111 cm³/mol. The first-order chi connectivity index (χ1) is 14.7. The van der Waals surface area contributed by atoms with E-state index in [9.17, 15) is 4.79 Å². The molecule has 0 spiro atoms. The van der Waals surface area contributed by atoms with Gasteiger partial charge in [0.05, 0.1) is 14.2 Å². The Hall–Kier alpha value is -4.13. The van der Waals surface area contributed by atoms with E-state index in [2.05, 4.69) is 9.97 Å². The Kier molecular flexibility index (Phi) is 5.43. The molecule has 4 rings (SSSR count). The van der Waals surface area contributed by atoms with Crippen molar-refractivity contribution >= 4 is 23.1 Å². The summed E-state index contributed by atoms with van der Waals surface area (Å²) in [5, 5.41) is 0. The number of carbonyl (C=O) groups excluding carboxylic acids is 1. The van der Waals surface area contributed by atoms with Gasteiger partial charge in [0.1, 0.15) is 17.0 Å². The van der Waals surface area contributed by atoms with Crippen LogP contribution in [0.3, 0.4) is 0 Å². The number of esters is 1. The largest absolute Gasteiger partial charge is 0.493 e. The van der Waals surface area contributed by atoms with Crippen molar-refractivity contribution in [2.75, 3.05) is 14.2 Å². The van der Waals surface area contributed by atoms with E-state index in [1.807, 2.05) is 24.3 Å². The molecule has 0 atom stereocenters. The summed E-state index contributed by atoms with van der Waals surface area (Å²) in [6.07, 6.45) is 4.64. The molecule has 0 fully saturated rings. The standard InChI is InChI=1S/C23H18N2O5/c1-27-19-10-6-15(13-21(19)28-2)7-11-22(26)29-16-8-9-17-20(14-16)30-23(25-17)18-5-3-4-12-24-18/h3-14H,1-2H3/b11-7+. The van der Waals surface area contributed by atoms with Crippen molar-refractivity contribution in [1.29, 1.82) is 0 Å². The number of nitrogens with zero attached hydrogens (tertiary/aromatic N) is 2. The molecular weight excluding hydrogens is 384 g/mol. The molecular formula is C23H18N2O5. The molecule has 150 valence electrons. The third-order valence-corrected chi connectivity index (χ3v) is 4.28. The zero-order valence-electron chi connectivity index (χ0n) is 16.4. The van der Waals surface area contributed by atoms with Crippen LogP contribution in [0.1, 0.15) is 5.56 Å². The van der Waals surface area contributed by atoms with Crippen molar-refractivity contribution in [2.45, 2.75) is 0 Å². The maximum atomic E-state index is 12.2. The molecule has 30 heavy (non-hydrogen) atoms. The van der Waals surface area contributed by atoms with Crippen LogP contribution in [-0.2, 0) is 4.79 Å². The minimum absolute atomic E-state index is 0.355. The second-order valence-electron chi connectivity index (χ2n) is 6.23. The highest BCUT2D eigenvalue weighted by atomic mass is 16.5. The lowest BCUT2D eigenvalue weighted by Crippen LogP contribution is -2.03. The third-order valence-electron chi connectivity index (χ3n) is 4.28. The topological polar surface area (TPSA) is 83.7 Å². The fourth-order valence-corrected chi connectivity index (χ4v) is 2.84. The van der Waals surface area contributed by atoms with Gasteiger partial charge < -0.3 is 18.6 Å². The first kappa shape index (κ1) is 19.2. The van der Waals surface area contributed by atoms with Gasteiger partial charge in [0, 0.05) is 18.3 Å². The van der Waals surface area contributed by atoms with Crippen LogP contribution in [0.2, 0.25) is 0 Å². The Morgan fingerprint density at radius 3 is 2.63 bits per heavy atom. The molecule has 0 aliphatic carbocycles. The molecule has 2 aromatic heterocycles. The number of aromatic nitrogens is 2. The van der Waals surface area contributed by atoms with E-state index in [1.54, 1.807) is 56.8 Å². The van der Waals surface area contributed by atoms with Gasteiger partial charge in [-0.3, -0.25) is 4.98 Å². The monoisotopic (exact) mass is 402 g/mol. The molecule has 0 saturated carbocycles. The van der Waals surface area contributed by atoms with Crippen LogP contribution in [-0.4, -0.2) is 30.2 Å². The molecule has 0 saturated heterocycles. The summed E-state index contributed by atoms with van der Waals surface area (Å²) in [5.74, 6) is 1.43. The predicted octanol–water partition coefficient (Wildman–Crippen LogP) is 4.53. The summed E-state index contributed by atoms with van der Waals surface area (Å²) < 4.78 is 21.6. The van der Waals surface area contributed by atoms with Crippen molar-refractivity contribution in [3.8, 4) is 28.8 Å². The van der Waals surface area contributed by atoms with Gasteiger partial charge in [-0.1, -0.05) is 12.1 Å². The Morgan fingerprint density at radius 1 is 1.00 bits per heavy atom. The van der Waals surface area contributed by atoms with Gasteiger partial charge in [0.2, 0.25) is 5.89 Å². The number of hydrogen-bond acceptors (Lipinski definition) is 7. The van der Waals surface area contributed by atoms with Crippen molar-refractivity contribution in [1.82, 2.24) is 9.97 Å². The molecule has 0 aliphatic heterocycles. The van der Waals surface area contributed by atoms with Crippen LogP contribution in [0.4, 0.5) is 0 Å². The summed E-state index contributed by atoms with van der Waals surface area (Å²) in [6, 6.07) is 15.8. The van der Waals surface area contributed by atoms with Crippen molar-refractivity contribution < 1.29 is 23.4 Å². The molecule has 2 heterocycles. The van der Waals surface area contributed by atoms with Crippen LogP contribution >= 0.6 is 0 Å². The van der Waals surface area contributed by atoms with Crippen LogP contribution in [0.15, 0.2) is 71.3 Å². The number of benzene rings is 2. The molecule has 0 N–H and O–H groups in total. The number of rotatable bonds is 6. The van der Waals surface area contributed by atoms with Gasteiger partial charge in [-0.15, -0.1) is 0 Å². The summed E-state index contributed by atoms with van der Waals surface area (Å²) >= 11 is 0. The third kappa shape index (κ3) is 4.15. The molecule has 0 radical (unpaired) electrons. The molecule has 4 aromatic rings. The lowest BCUT2D eigenvalue weighted by molar-refractivity contribution is -0.128. The van der Waals surface area contributed by atoms with E-state index >= 15 is 0 Å². The number of pyridine rings is 1. The van der Waals surface area contributed by atoms with Crippen LogP contribution < -0.4 is 14.2 Å². The van der Waals surface area contributed by atoms with Crippen LogP contribution in [0.5, 0.6) is 17.2 Å². The van der Waals surface area contributed by atoms with Crippen LogP contribution in [0.25, 0.3) is 28.8 Å². The molecule has 7 nitrogen and oxygen atoms in total. The zero-order valence-corrected chi connectivity index (χ0v) is 16.4. The maximum Gasteiger partial charge on any atom is 0.336 e. The highest BCUT2D eigenvalue weighted by molar-refractivity contribution is 5.89. The van der Waals surface area contributed by atoms with Crippen LogP contribution in [0, 0.1) is 0 Å². The van der Waals surface area contributed by atoms with Gasteiger partial charge >= 0.3 is 5.97 Å². The van der Waals surface area contributed by atoms with Gasteiger partial charge in [-0.05, 0) is 48.0 Å². The van der Waals surface area contributed by atoms with E-state index in [0.717, 1.165) is 5.56 Å². The van der Waals surface area contributed by atoms with E-state index in [-0.39, 0.29) is 0 Å². The van der Waals surface area contributed by atoms with Gasteiger partial charge in [-0.25, -0.2) is 9.78 Å². The second kappa shape index (κ2) is 8.48. The zero-order chi connectivity index (χ0) is 20.9. The van der Waals surface area contributed by atoms with Crippen molar-refractivity contribution in [2.24, 2.45) is 0 Å². The molecule has 7 heteroatoms. The summed E-state index contributed by atoms with van der Waals surface area (Å²) in [7, 11) is 3.12. The molecule has 0 unspecified atom stereocenters. The smallest absolute Gasteiger partial charge is 0.336 e. The first-order valence-electron chi connectivity index (χ1n) is 9.10. The van der Waals surface area contributed by atoms with E-state index < -0.39 is 5.97 Å². The average molecular weight is 402 g/mol. The Bertz CT molecular complexity index is 1210. The minimum Gasteiger partial charge on any atom is -0.493 e. The molecule has 0 bridgehead atoms. The number of hydrogen-bond donors (Lipinski definition) is 0. The highest BCUT2D eigenvalue weighted by Gasteiger charge is 2.11. The summed E-state index contributed by atoms with van der Waals surface area (Å²) in [5.41, 5.74) is 2.56. The summed E-state index contributed by atoms with van der Waals surface area (Å²) in [4.78, 5) is 20.8. The van der Waals surface area contributed by atoms with Gasteiger partial charge in [-0.2, -0.15) is 0 Å². The number of carbonyl (C=O) groups is 1. The Balaban J connectivity index is 1.48.